The maximum Gasteiger partial charge on any atom is 0.408 e. The Morgan fingerprint density at radius 3 is 1.33 bits per heavy atom. The van der Waals surface area contributed by atoms with E-state index in [0.29, 0.717) is 84.8 Å². The van der Waals surface area contributed by atoms with Crippen molar-refractivity contribution in [3.8, 4) is 0 Å². The van der Waals surface area contributed by atoms with Gasteiger partial charge in [-0.05, 0) is 193 Å². The maximum absolute atomic E-state index is 16.7. The number of Topliss-reactive ketones (excluding diaryl/α,β-unsaturated/α-hetero) is 2. The molecule has 2 unspecified atom stereocenters. The monoisotopic (exact) mass is 1940 g/mol. The molecule has 10 aliphatic carbocycles. The molecule has 2 saturated heterocycles. The zero-order valence-corrected chi connectivity index (χ0v) is 82.5. The van der Waals surface area contributed by atoms with Crippen LogP contribution in [0.5, 0.6) is 0 Å². The van der Waals surface area contributed by atoms with Crippen LogP contribution in [0.2, 0.25) is 18.1 Å². The van der Waals surface area contributed by atoms with Crippen molar-refractivity contribution in [1.29, 1.82) is 0 Å². The molecule has 0 spiro atoms. The zero-order valence-electron chi connectivity index (χ0n) is 79.8. The first-order chi connectivity index (χ1) is 64.3. The van der Waals surface area contributed by atoms with Crippen LogP contribution in [0.4, 0.5) is 9.59 Å². The van der Waals surface area contributed by atoms with Gasteiger partial charge in [-0.3, -0.25) is 28.8 Å². The molecule has 2 aromatic carbocycles. The Morgan fingerprint density at radius 1 is 0.537 bits per heavy atom. The van der Waals surface area contributed by atoms with Gasteiger partial charge < -0.3 is 102 Å². The first kappa shape index (κ1) is 101. The molecule has 6 N–H and O–H groups in total. The molecule has 10 fully saturated rings. The summed E-state index contributed by atoms with van der Waals surface area (Å²) in [4.78, 5) is 173. The SMILES string of the molecule is CC(=O)O[C@@]12CO[C@@H]1C[C@H](O)[C@@]1(C)C(=O)[C@H](OC(=O)C3CC3)C3=C(C)[C@@H](OC(=O)[C@H](O)[C@@H](NC(=O)OC4CCC4)c4cccs4)C[C@@](O)([C@@H](OC(=O)c4ccccc4)C12)C3(C)C.CC[Si](CC)(CC)O[C@H]1C[C@H]2OC[C@@]2(OC(C)=O)C2[C@H](OC(=O)c3ccccc3)[C@]3(O)C[C@H](OC(=O)[C@H](OC(C)(C)OC)[C@@H](NC(=O)OC4CCC4)c4cccs4)C(C)=C([C@@H](OC(=O)C4CC4)C(=O)[C@@]21C)C3(C)C. The van der Waals surface area contributed by atoms with Crippen LogP contribution in [0.15, 0.2) is 118 Å². The number of amides is 2. The average Bonchev–Trinajstić information content (AvgIpc) is 0.744. The summed E-state index contributed by atoms with van der Waals surface area (Å²) in [5, 5.41) is 60.9. The first-order valence-electron chi connectivity index (χ1n) is 47.5. The number of hydrogen-bond acceptors (Lipinski definition) is 33. The fourth-order valence-electron chi connectivity index (χ4n) is 22.5. The molecule has 33 nitrogen and oxygen atoms in total. The van der Waals surface area contributed by atoms with Gasteiger partial charge in [0.05, 0.1) is 71.1 Å². The van der Waals surface area contributed by atoms with Gasteiger partial charge in [-0.15, -0.1) is 22.7 Å². The number of hydrogen-bond donors (Lipinski definition) is 6. The summed E-state index contributed by atoms with van der Waals surface area (Å²) >= 11 is 2.43. The Bertz CT molecular complexity index is 5250. The highest BCUT2D eigenvalue weighted by Crippen LogP contribution is 2.68. The minimum absolute atomic E-state index is 0.0377. The molecule has 8 saturated carbocycles. The van der Waals surface area contributed by atoms with Gasteiger partial charge in [0.25, 0.3) is 0 Å². The van der Waals surface area contributed by atoms with Crippen LogP contribution in [-0.2, 0) is 109 Å². The largest absolute Gasteiger partial charge is 0.456 e. The molecular weight excluding hydrogens is 1820 g/mol. The number of aliphatic hydroxyl groups is 4. The molecule has 4 aromatic rings. The summed E-state index contributed by atoms with van der Waals surface area (Å²) in [6.07, 6.45) is -14.5. The Balaban J connectivity index is 0.000000210. The highest BCUT2D eigenvalue weighted by molar-refractivity contribution is 7.10. The van der Waals surface area contributed by atoms with Crippen LogP contribution in [-0.4, -0.2) is 234 Å². The van der Waals surface area contributed by atoms with Gasteiger partial charge in [-0.2, -0.15) is 0 Å². The van der Waals surface area contributed by atoms with E-state index in [-0.39, 0.29) is 66.1 Å². The van der Waals surface area contributed by atoms with Gasteiger partial charge in [0, 0.05) is 67.2 Å². The van der Waals surface area contributed by atoms with Crippen molar-refractivity contribution in [3.63, 3.8) is 0 Å². The number of thiophene rings is 2. The lowest BCUT2D eigenvalue weighted by molar-refractivity contribution is -0.346. The Morgan fingerprint density at radius 2 is 0.949 bits per heavy atom. The van der Waals surface area contributed by atoms with Gasteiger partial charge in [0.1, 0.15) is 72.1 Å². The molecule has 0 radical (unpaired) electrons. The fraction of sp³-hybridized carbons (Fsp3) is 0.640. The summed E-state index contributed by atoms with van der Waals surface area (Å²) in [5.74, 6) is -13.5. The molecule has 4 bridgehead atoms. The number of fused-ring (bicyclic) bond motifs is 10. The van der Waals surface area contributed by atoms with Crippen LogP contribution in [0, 0.1) is 45.3 Å². The second kappa shape index (κ2) is 38.8. The normalized spacial score (nSPS) is 32.8. The highest BCUT2D eigenvalue weighted by Gasteiger charge is 2.82. The minimum Gasteiger partial charge on any atom is -0.456 e. The number of methoxy groups -OCH3 is 1. The second-order valence-electron chi connectivity index (χ2n) is 40.7. The Hall–Kier alpha value is -9.18. The highest BCUT2D eigenvalue weighted by atomic mass is 32.1. The summed E-state index contributed by atoms with van der Waals surface area (Å²) in [6, 6.07) is 22.5. The lowest BCUT2D eigenvalue weighted by Gasteiger charge is -2.68. The van der Waals surface area contributed by atoms with Crippen molar-refractivity contribution >= 4 is 102 Å². The van der Waals surface area contributed by atoms with E-state index < -0.39 is 252 Å². The third kappa shape index (κ3) is 18.4. The quantitative estimate of drug-likeness (QED) is 0.00928. The van der Waals surface area contributed by atoms with Crippen LogP contribution >= 0.6 is 22.7 Å². The lowest BCUT2D eigenvalue weighted by atomic mass is 9.44. The minimum atomic E-state index is -2.65. The predicted octanol–water partition coefficient (Wildman–Crippen LogP) is 12.5. The number of esters is 8. The molecule has 2 aliphatic heterocycles. The van der Waals surface area contributed by atoms with E-state index in [2.05, 4.69) is 31.4 Å². The van der Waals surface area contributed by atoms with Crippen molar-refractivity contribution < 1.29 is 149 Å². The third-order valence-electron chi connectivity index (χ3n) is 31.8. The number of alkyl carbamates (subject to hydrolysis) is 2. The van der Waals surface area contributed by atoms with Crippen molar-refractivity contribution in [2.45, 2.75) is 338 Å². The van der Waals surface area contributed by atoms with Crippen LogP contribution in [0.3, 0.4) is 0 Å². The number of aliphatic hydroxyl groups excluding tert-OH is 2. The van der Waals surface area contributed by atoms with Crippen molar-refractivity contribution in [2.24, 2.45) is 45.3 Å². The predicted molar refractivity (Wildman–Crippen MR) is 488 cm³/mol. The van der Waals surface area contributed by atoms with E-state index in [1.54, 1.807) is 146 Å². The van der Waals surface area contributed by atoms with Gasteiger partial charge in [0.15, 0.2) is 61.3 Å². The number of carbonyl (C=O) groups is 12. The molecule has 2 aromatic heterocycles. The molecule has 740 valence electrons. The molecule has 136 heavy (non-hydrogen) atoms. The number of benzene rings is 2. The number of carbonyl (C=O) groups excluding carboxylic acids is 12. The molecule has 4 heterocycles. The second-order valence-corrected chi connectivity index (χ2v) is 47.4. The van der Waals surface area contributed by atoms with E-state index in [1.807, 2.05) is 0 Å². The summed E-state index contributed by atoms with van der Waals surface area (Å²) in [5.41, 5.74) is -14.4. The molecule has 36 heteroatoms. The molecule has 12 aliphatic rings. The van der Waals surface area contributed by atoms with Gasteiger partial charge in [-0.25, -0.2) is 28.8 Å². The Kier molecular flexibility index (Phi) is 28.9. The number of rotatable bonds is 30. The smallest absolute Gasteiger partial charge is 0.408 e. The Labute approximate surface area is 799 Å². The summed E-state index contributed by atoms with van der Waals surface area (Å²) in [6.45, 7) is 24.2. The average molecular weight is 1950 g/mol. The van der Waals surface area contributed by atoms with Gasteiger partial charge in [-0.1, -0.05) is 97.0 Å². The molecule has 16 rings (SSSR count). The van der Waals surface area contributed by atoms with Crippen LogP contribution < -0.4 is 10.6 Å². The maximum atomic E-state index is 16.7. The third-order valence-corrected chi connectivity index (χ3v) is 38.4. The molecule has 22 atom stereocenters. The number of ether oxygens (including phenoxy) is 14. The van der Waals surface area contributed by atoms with Gasteiger partial charge in [0.2, 0.25) is 0 Å². The fourth-order valence-corrected chi connectivity index (χ4v) is 27.1. The van der Waals surface area contributed by atoms with Crippen molar-refractivity contribution in [2.75, 3.05) is 20.3 Å². The molecule has 2 amide bonds. The van der Waals surface area contributed by atoms with E-state index in [0.717, 1.165) is 19.8 Å². The topological polar surface area (TPSA) is 448 Å². The van der Waals surface area contributed by atoms with E-state index >= 15 is 14.4 Å². The first-order valence-corrected chi connectivity index (χ1v) is 51.8. The number of ketones is 2. The van der Waals surface area contributed by atoms with E-state index in [4.69, 9.17) is 70.7 Å². The number of nitrogens with one attached hydrogen (secondary N) is 2. The van der Waals surface area contributed by atoms with E-state index in [9.17, 15) is 63.6 Å². The lowest BCUT2D eigenvalue weighted by Crippen LogP contribution is -2.82. The van der Waals surface area contributed by atoms with Crippen LogP contribution in [0.1, 0.15) is 236 Å². The van der Waals surface area contributed by atoms with Crippen LogP contribution in [0.25, 0.3) is 0 Å². The van der Waals surface area contributed by atoms with Crippen molar-refractivity contribution in [1.82, 2.24) is 10.6 Å². The van der Waals surface area contributed by atoms with Gasteiger partial charge >= 0.3 is 59.9 Å². The van der Waals surface area contributed by atoms with Crippen molar-refractivity contribution in [3.05, 3.63) is 139 Å². The van der Waals surface area contributed by atoms with E-state index in [1.165, 1.54) is 55.8 Å². The molecular formula is C100H128N2O31S2Si. The summed E-state index contributed by atoms with van der Waals surface area (Å²) < 4.78 is 94.0. The standard InChI is InChI=1S/C55H75NO16SSi.C45H53NO15S/c1-12-74(13-2,14-3)72-38-28-39-54(30-65-39,70-32(5)57)44-46(69-48(60)33-20-16-15-17-21-33)55(63)29-36(31(4)40(51(55,6)7)42(45(58)53(38,44)10)68-47(59)34-25-26-34)67-49(61)43(71-52(8,9)64-11)41(37-24-19-27-73-37)56-50(62)66-35-22-18-23-35;1-22-27(58-40(53)33(49)32(28-15-10-18-62-28)46-41(54)57-26-13-9-14-26)20-45(55)37(60-39(52)24-11-7-6-8-12-24)35-43(5,29(48)19-30-44(35,21-56-30)61-23(2)47)36(50)34(31(22)42(45,3)4)59-38(51)25-16-17-25/h15-17,19-21,24,27,34-36,38-39,41-44,46,63H,12-14,18,22-23,25-26,28-30H2,1-11H3,(H,56,62);6-8,10-12,15,18,25-27,29-30,32-35,37,48-49,55H,9,13-14,16-17,19-21H2,1-5H3,(H,46,54)/t36-,38-,39+,41-,42+,43+,44?,46-,53+,54-,55+;27-,29-,30+,32-,33+,34+,35?,37-,43+,44-,45+/m00/s1. The zero-order chi connectivity index (χ0) is 98.3. The summed E-state index contributed by atoms with van der Waals surface area (Å²) in [7, 11) is -1.25.